The number of benzene rings is 1. The summed E-state index contributed by atoms with van der Waals surface area (Å²) in [5.41, 5.74) is 6.57. The van der Waals surface area contributed by atoms with E-state index in [9.17, 15) is 4.79 Å². The van der Waals surface area contributed by atoms with Crippen molar-refractivity contribution in [2.45, 2.75) is 6.61 Å². The van der Waals surface area contributed by atoms with Crippen LogP contribution in [0.3, 0.4) is 0 Å². The molecule has 0 amide bonds. The van der Waals surface area contributed by atoms with Crippen LogP contribution in [-0.2, 0) is 11.3 Å². The third-order valence-corrected chi connectivity index (χ3v) is 3.21. The van der Waals surface area contributed by atoms with Crippen LogP contribution in [0.4, 0.5) is 5.82 Å². The molecule has 106 valence electrons. The number of hydrogen-bond acceptors (Lipinski definition) is 6. The predicted molar refractivity (Wildman–Crippen MR) is 79.5 cm³/mol. The van der Waals surface area contributed by atoms with E-state index in [-0.39, 0.29) is 12.4 Å². The van der Waals surface area contributed by atoms with Gasteiger partial charge in [-0.15, -0.1) is 0 Å². The van der Waals surface area contributed by atoms with Crippen LogP contribution < -0.4 is 5.73 Å². The van der Waals surface area contributed by atoms with Crippen LogP contribution >= 0.6 is 15.9 Å². The van der Waals surface area contributed by atoms with E-state index in [0.717, 1.165) is 5.39 Å². The van der Waals surface area contributed by atoms with Crippen molar-refractivity contribution in [2.24, 2.45) is 0 Å². The van der Waals surface area contributed by atoms with E-state index in [0.29, 0.717) is 21.8 Å². The van der Waals surface area contributed by atoms with Gasteiger partial charge < -0.3 is 14.9 Å². The molecule has 0 fully saturated rings. The zero-order valence-corrected chi connectivity index (χ0v) is 12.3. The smallest absolute Gasteiger partial charge is 0.374 e. The Morgan fingerprint density at radius 1 is 1.24 bits per heavy atom. The van der Waals surface area contributed by atoms with Crippen molar-refractivity contribution < 1.29 is 13.9 Å². The maximum Gasteiger partial charge on any atom is 0.374 e. The number of nitrogens with zero attached hydrogens (tertiary/aromatic N) is 2. The Hall–Kier alpha value is -2.41. The van der Waals surface area contributed by atoms with Gasteiger partial charge in [0.05, 0.1) is 5.52 Å². The minimum Gasteiger partial charge on any atom is -0.452 e. The highest BCUT2D eigenvalue weighted by atomic mass is 79.9. The highest BCUT2D eigenvalue weighted by Gasteiger charge is 2.13. The molecule has 0 bridgehead atoms. The van der Waals surface area contributed by atoms with E-state index in [1.165, 1.54) is 6.07 Å². The zero-order chi connectivity index (χ0) is 14.8. The Morgan fingerprint density at radius 3 is 2.81 bits per heavy atom. The first kappa shape index (κ1) is 13.6. The van der Waals surface area contributed by atoms with Gasteiger partial charge in [0.2, 0.25) is 5.76 Å². The maximum absolute atomic E-state index is 11.8. The number of fused-ring (bicyclic) bond motifs is 1. The molecule has 1 aromatic carbocycles. The van der Waals surface area contributed by atoms with Crippen LogP contribution in [0.1, 0.15) is 16.4 Å². The molecule has 0 radical (unpaired) electrons. The molecule has 3 aromatic rings. The highest BCUT2D eigenvalue weighted by molar-refractivity contribution is 9.10. The summed E-state index contributed by atoms with van der Waals surface area (Å²) < 4.78 is 10.7. The van der Waals surface area contributed by atoms with Gasteiger partial charge in [-0.25, -0.2) is 14.8 Å². The standard InChI is InChI=1S/C14H10BrN3O3/c15-11-6-5-10(21-11)14(19)20-7-12-17-9-4-2-1-3-8(9)13(16)18-12/h1-6H,7H2,(H2,16,17,18). The molecule has 0 spiro atoms. The van der Waals surface area contributed by atoms with Gasteiger partial charge in [-0.3, -0.25) is 0 Å². The summed E-state index contributed by atoms with van der Waals surface area (Å²) in [5, 5.41) is 0.766. The number of ether oxygens (including phenoxy) is 1. The van der Waals surface area contributed by atoms with Crippen molar-refractivity contribution in [3.05, 3.63) is 52.7 Å². The summed E-state index contributed by atoms with van der Waals surface area (Å²) >= 11 is 3.12. The number of carbonyl (C=O) groups is 1. The van der Waals surface area contributed by atoms with Crippen LogP contribution in [-0.4, -0.2) is 15.9 Å². The Balaban J connectivity index is 1.77. The molecule has 0 atom stereocenters. The largest absolute Gasteiger partial charge is 0.452 e. The predicted octanol–water partition coefficient (Wildman–Crippen LogP) is 2.92. The van der Waals surface area contributed by atoms with Gasteiger partial charge in [-0.1, -0.05) is 12.1 Å². The van der Waals surface area contributed by atoms with Crippen LogP contribution in [0.15, 0.2) is 45.5 Å². The second-order valence-corrected chi connectivity index (χ2v) is 5.00. The summed E-state index contributed by atoms with van der Waals surface area (Å²) in [6.45, 7) is -0.0772. The van der Waals surface area contributed by atoms with Gasteiger partial charge in [-0.05, 0) is 40.2 Å². The molecule has 0 aliphatic carbocycles. The summed E-state index contributed by atoms with van der Waals surface area (Å²) in [6, 6.07) is 10.5. The second kappa shape index (κ2) is 5.53. The van der Waals surface area contributed by atoms with Gasteiger partial charge >= 0.3 is 5.97 Å². The first-order valence-corrected chi connectivity index (χ1v) is 6.86. The van der Waals surface area contributed by atoms with Gasteiger partial charge in [0, 0.05) is 5.39 Å². The van der Waals surface area contributed by atoms with Crippen molar-refractivity contribution in [3.8, 4) is 0 Å². The number of rotatable bonds is 3. The fourth-order valence-electron chi connectivity index (χ4n) is 1.84. The summed E-state index contributed by atoms with van der Waals surface area (Å²) in [6.07, 6.45) is 0. The molecule has 2 aromatic heterocycles. The Bertz CT molecular complexity index is 816. The molecule has 0 aliphatic heterocycles. The number of hydrogen-bond donors (Lipinski definition) is 1. The molecule has 2 N–H and O–H groups in total. The topological polar surface area (TPSA) is 91.2 Å². The monoisotopic (exact) mass is 347 g/mol. The van der Waals surface area contributed by atoms with Crippen LogP contribution in [0.5, 0.6) is 0 Å². The number of furan rings is 1. The Labute approximate surface area is 128 Å². The molecule has 0 unspecified atom stereocenters. The number of nitrogens with two attached hydrogens (primary N) is 1. The van der Waals surface area contributed by atoms with Gasteiger partial charge in [-0.2, -0.15) is 0 Å². The molecule has 3 rings (SSSR count). The van der Waals surface area contributed by atoms with Crippen molar-refractivity contribution in [3.63, 3.8) is 0 Å². The van der Waals surface area contributed by atoms with Gasteiger partial charge in [0.25, 0.3) is 0 Å². The Kier molecular flexibility index (Phi) is 3.57. The van der Waals surface area contributed by atoms with Crippen LogP contribution in [0.2, 0.25) is 0 Å². The Morgan fingerprint density at radius 2 is 2.05 bits per heavy atom. The SMILES string of the molecule is Nc1nc(COC(=O)c2ccc(Br)o2)nc2ccccc12. The fourth-order valence-corrected chi connectivity index (χ4v) is 2.15. The number of esters is 1. The van der Waals surface area contributed by atoms with E-state index >= 15 is 0 Å². The molecular weight excluding hydrogens is 338 g/mol. The second-order valence-electron chi connectivity index (χ2n) is 4.22. The highest BCUT2D eigenvalue weighted by Crippen LogP contribution is 2.18. The number of anilines is 1. The lowest BCUT2D eigenvalue weighted by Crippen LogP contribution is -2.08. The van der Waals surface area contributed by atoms with E-state index in [4.69, 9.17) is 14.9 Å². The minimum atomic E-state index is -0.587. The molecule has 6 nitrogen and oxygen atoms in total. The quantitative estimate of drug-likeness (QED) is 0.732. The van der Waals surface area contributed by atoms with E-state index in [1.54, 1.807) is 6.07 Å². The van der Waals surface area contributed by atoms with Crippen LogP contribution in [0.25, 0.3) is 10.9 Å². The number of para-hydroxylation sites is 1. The first-order valence-electron chi connectivity index (χ1n) is 6.07. The molecule has 0 saturated carbocycles. The number of aromatic nitrogens is 2. The lowest BCUT2D eigenvalue weighted by atomic mass is 10.2. The molecule has 0 aliphatic rings. The zero-order valence-electron chi connectivity index (χ0n) is 10.7. The van der Waals surface area contributed by atoms with Gasteiger partial charge in [0.1, 0.15) is 5.82 Å². The minimum absolute atomic E-state index is 0.0772. The molecule has 2 heterocycles. The average molecular weight is 348 g/mol. The number of halogens is 1. The summed E-state index contributed by atoms with van der Waals surface area (Å²) in [5.74, 6) is 0.212. The van der Waals surface area contributed by atoms with Crippen molar-refractivity contribution in [1.82, 2.24) is 9.97 Å². The molecule has 21 heavy (non-hydrogen) atoms. The third-order valence-electron chi connectivity index (χ3n) is 2.79. The molecule has 0 saturated heterocycles. The lowest BCUT2D eigenvalue weighted by Gasteiger charge is -2.05. The summed E-state index contributed by atoms with van der Waals surface area (Å²) in [4.78, 5) is 20.2. The van der Waals surface area contributed by atoms with Crippen molar-refractivity contribution in [1.29, 1.82) is 0 Å². The average Bonchev–Trinajstić information content (AvgIpc) is 2.91. The van der Waals surface area contributed by atoms with E-state index in [1.807, 2.05) is 24.3 Å². The molecule has 7 heteroatoms. The van der Waals surface area contributed by atoms with Crippen molar-refractivity contribution in [2.75, 3.05) is 5.73 Å². The van der Waals surface area contributed by atoms with E-state index < -0.39 is 5.97 Å². The normalized spacial score (nSPS) is 10.7. The van der Waals surface area contributed by atoms with E-state index in [2.05, 4.69) is 25.9 Å². The molecular formula is C14H10BrN3O3. The maximum atomic E-state index is 11.8. The first-order chi connectivity index (χ1) is 10.1. The third kappa shape index (κ3) is 2.87. The lowest BCUT2D eigenvalue weighted by molar-refractivity contribution is 0.0424. The van der Waals surface area contributed by atoms with Crippen LogP contribution in [0, 0.1) is 0 Å². The number of nitrogen functional groups attached to an aromatic ring is 1. The van der Waals surface area contributed by atoms with Gasteiger partial charge in [0.15, 0.2) is 17.1 Å². The fraction of sp³-hybridized carbons (Fsp3) is 0.0714. The number of carbonyl (C=O) groups excluding carboxylic acids is 1. The van der Waals surface area contributed by atoms with Crippen molar-refractivity contribution >= 4 is 38.6 Å². The summed E-state index contributed by atoms with van der Waals surface area (Å²) in [7, 11) is 0.